The fraction of sp³-hybridized carbons (Fsp3) is 0.233. The molecule has 8 heteroatoms. The minimum atomic E-state index is -0.708. The molecule has 7 nitrogen and oxygen atoms in total. The minimum absolute atomic E-state index is 0.114. The molecular formula is C30H30N4O3S. The number of dihydropyridines is 1. The maximum Gasteiger partial charge on any atom is 0.254 e. The summed E-state index contributed by atoms with van der Waals surface area (Å²) in [5.74, 6) is -0.571. The number of amides is 2. The van der Waals surface area contributed by atoms with Gasteiger partial charge in [-0.05, 0) is 49.1 Å². The number of furan rings is 1. The number of nitriles is 1. The highest BCUT2D eigenvalue weighted by Gasteiger charge is 2.36. The van der Waals surface area contributed by atoms with Gasteiger partial charge in [0, 0.05) is 17.9 Å². The molecule has 0 radical (unpaired) electrons. The van der Waals surface area contributed by atoms with Crippen LogP contribution in [0.15, 0.2) is 93.2 Å². The Balaban J connectivity index is 1.57. The zero-order valence-electron chi connectivity index (χ0n) is 21.6. The first-order valence-corrected chi connectivity index (χ1v) is 13.4. The van der Waals surface area contributed by atoms with Gasteiger partial charge in [-0.3, -0.25) is 9.59 Å². The van der Waals surface area contributed by atoms with Crippen molar-refractivity contribution < 1.29 is 14.0 Å². The second kappa shape index (κ2) is 12.3. The first-order valence-electron chi connectivity index (χ1n) is 12.4. The summed E-state index contributed by atoms with van der Waals surface area (Å²) in [5.41, 5.74) is 5.10. The molecule has 1 aromatic heterocycles. The zero-order valence-corrected chi connectivity index (χ0v) is 22.4. The largest absolute Gasteiger partial charge is 0.468 e. The van der Waals surface area contributed by atoms with Gasteiger partial charge in [0.25, 0.3) is 5.91 Å². The number of hydrogen-bond donors (Lipinski definition) is 3. The molecule has 2 heterocycles. The third-order valence-corrected chi connectivity index (χ3v) is 7.40. The fourth-order valence-electron chi connectivity index (χ4n) is 4.44. The van der Waals surface area contributed by atoms with Gasteiger partial charge in [0.15, 0.2) is 0 Å². The molecule has 0 fully saturated rings. The van der Waals surface area contributed by atoms with Crippen molar-refractivity contribution in [3.8, 4) is 6.07 Å². The number of rotatable bonds is 9. The van der Waals surface area contributed by atoms with Gasteiger partial charge >= 0.3 is 0 Å². The molecule has 38 heavy (non-hydrogen) atoms. The Labute approximate surface area is 227 Å². The van der Waals surface area contributed by atoms with Crippen LogP contribution in [0.2, 0.25) is 0 Å². The summed E-state index contributed by atoms with van der Waals surface area (Å²) in [7, 11) is 0. The van der Waals surface area contributed by atoms with Crippen LogP contribution in [-0.4, -0.2) is 17.6 Å². The van der Waals surface area contributed by atoms with Gasteiger partial charge in [0.05, 0.1) is 40.2 Å². The molecule has 0 unspecified atom stereocenters. The average molecular weight is 527 g/mol. The summed E-state index contributed by atoms with van der Waals surface area (Å²) < 4.78 is 5.70. The number of carbonyl (C=O) groups is 2. The molecule has 3 N–H and O–H groups in total. The number of nitrogens with zero attached hydrogens (tertiary/aromatic N) is 1. The van der Waals surface area contributed by atoms with Crippen molar-refractivity contribution in [1.29, 1.82) is 5.26 Å². The lowest BCUT2D eigenvalue weighted by Crippen LogP contribution is -2.31. The maximum absolute atomic E-state index is 13.7. The monoisotopic (exact) mass is 526 g/mol. The minimum Gasteiger partial charge on any atom is -0.468 e. The standard InChI is InChI=1S/C30H30N4O3S/c1-4-22-13-8-10-19(2)28(22)34-29(36)26-20(3)33-30(23(16-31)27(26)24-14-9-15-37-24)38-18-25(35)32-17-21-11-6-5-7-12-21/h5-15,27,33H,4,17-18H2,1-3H3,(H,32,35)(H,34,36)/t27-/m1/s1. The number of nitrogens with one attached hydrogen (secondary N) is 3. The van der Waals surface area contributed by atoms with E-state index in [-0.39, 0.29) is 17.6 Å². The highest BCUT2D eigenvalue weighted by molar-refractivity contribution is 8.03. The summed E-state index contributed by atoms with van der Waals surface area (Å²) in [5, 5.41) is 19.9. The topological polar surface area (TPSA) is 107 Å². The van der Waals surface area contributed by atoms with Crippen LogP contribution in [0, 0.1) is 18.3 Å². The number of benzene rings is 2. The van der Waals surface area contributed by atoms with Crippen LogP contribution in [-0.2, 0) is 22.6 Å². The molecule has 0 saturated heterocycles. The molecule has 0 bridgehead atoms. The zero-order chi connectivity index (χ0) is 27.1. The molecule has 3 aromatic rings. The highest BCUT2D eigenvalue weighted by Crippen LogP contribution is 2.41. The molecule has 0 spiro atoms. The van der Waals surface area contributed by atoms with E-state index < -0.39 is 5.92 Å². The molecular weight excluding hydrogens is 496 g/mol. The smallest absolute Gasteiger partial charge is 0.254 e. The number of aryl methyl sites for hydroxylation is 2. The molecule has 1 atom stereocenters. The number of hydrogen-bond acceptors (Lipinski definition) is 6. The van der Waals surface area contributed by atoms with E-state index in [0.29, 0.717) is 34.2 Å². The molecule has 2 amide bonds. The Morgan fingerprint density at radius 3 is 2.55 bits per heavy atom. The Kier molecular flexibility index (Phi) is 8.72. The predicted molar refractivity (Wildman–Crippen MR) is 150 cm³/mol. The van der Waals surface area contributed by atoms with Crippen molar-refractivity contribution in [2.75, 3.05) is 11.1 Å². The van der Waals surface area contributed by atoms with Gasteiger partial charge in [-0.1, -0.05) is 67.2 Å². The van der Waals surface area contributed by atoms with Crippen molar-refractivity contribution in [2.45, 2.75) is 39.7 Å². The van der Waals surface area contributed by atoms with Crippen molar-refractivity contribution in [3.05, 3.63) is 111 Å². The third kappa shape index (κ3) is 6.01. The van der Waals surface area contributed by atoms with E-state index in [1.165, 1.54) is 18.0 Å². The van der Waals surface area contributed by atoms with Crippen LogP contribution in [0.3, 0.4) is 0 Å². The summed E-state index contributed by atoms with van der Waals surface area (Å²) in [6.45, 7) is 6.22. The Hall–Kier alpha value is -4.22. The molecule has 1 aliphatic rings. The van der Waals surface area contributed by atoms with E-state index in [1.807, 2.05) is 62.4 Å². The van der Waals surface area contributed by atoms with Crippen molar-refractivity contribution in [2.24, 2.45) is 0 Å². The fourth-order valence-corrected chi connectivity index (χ4v) is 5.36. The quantitative estimate of drug-likeness (QED) is 0.338. The van der Waals surface area contributed by atoms with E-state index in [2.05, 4.69) is 22.0 Å². The summed E-state index contributed by atoms with van der Waals surface area (Å²) >= 11 is 1.23. The van der Waals surface area contributed by atoms with Crippen molar-refractivity contribution >= 4 is 29.3 Å². The highest BCUT2D eigenvalue weighted by atomic mass is 32.2. The molecule has 0 aliphatic carbocycles. The first kappa shape index (κ1) is 26.8. The first-order chi connectivity index (χ1) is 18.4. The number of para-hydroxylation sites is 1. The van der Waals surface area contributed by atoms with Gasteiger partial charge < -0.3 is 20.4 Å². The van der Waals surface area contributed by atoms with Crippen LogP contribution >= 0.6 is 11.8 Å². The van der Waals surface area contributed by atoms with Gasteiger partial charge in [-0.25, -0.2) is 0 Å². The Morgan fingerprint density at radius 2 is 1.87 bits per heavy atom. The van der Waals surface area contributed by atoms with Gasteiger partial charge in [-0.2, -0.15) is 5.26 Å². The number of anilines is 1. The van der Waals surface area contributed by atoms with E-state index in [1.54, 1.807) is 19.1 Å². The predicted octanol–water partition coefficient (Wildman–Crippen LogP) is 5.53. The van der Waals surface area contributed by atoms with Gasteiger partial charge in [-0.15, -0.1) is 0 Å². The van der Waals surface area contributed by atoms with Gasteiger partial charge in [0.2, 0.25) is 5.91 Å². The van der Waals surface area contributed by atoms with E-state index in [0.717, 1.165) is 28.8 Å². The lowest BCUT2D eigenvalue weighted by molar-refractivity contribution is -0.118. The molecule has 2 aromatic carbocycles. The van der Waals surface area contributed by atoms with E-state index >= 15 is 0 Å². The van der Waals surface area contributed by atoms with E-state index in [4.69, 9.17) is 4.42 Å². The van der Waals surface area contributed by atoms with Crippen LogP contribution in [0.4, 0.5) is 5.69 Å². The molecule has 0 saturated carbocycles. The van der Waals surface area contributed by atoms with Crippen molar-refractivity contribution in [3.63, 3.8) is 0 Å². The summed E-state index contributed by atoms with van der Waals surface area (Å²) in [4.78, 5) is 26.3. The molecule has 4 rings (SSSR count). The lowest BCUT2D eigenvalue weighted by atomic mass is 9.85. The van der Waals surface area contributed by atoms with Crippen LogP contribution in [0.1, 0.15) is 42.2 Å². The second-order valence-corrected chi connectivity index (χ2v) is 9.92. The van der Waals surface area contributed by atoms with E-state index in [9.17, 15) is 14.9 Å². The molecule has 1 aliphatic heterocycles. The van der Waals surface area contributed by atoms with Crippen LogP contribution in [0.25, 0.3) is 0 Å². The lowest BCUT2D eigenvalue weighted by Gasteiger charge is -2.28. The number of thioether (sulfide) groups is 1. The summed E-state index contributed by atoms with van der Waals surface area (Å²) in [6, 6.07) is 21.3. The van der Waals surface area contributed by atoms with Gasteiger partial charge in [0.1, 0.15) is 5.76 Å². The Morgan fingerprint density at radius 1 is 1.08 bits per heavy atom. The van der Waals surface area contributed by atoms with Crippen LogP contribution in [0.5, 0.6) is 0 Å². The number of carbonyl (C=O) groups excluding carboxylic acids is 2. The maximum atomic E-state index is 13.7. The van der Waals surface area contributed by atoms with Crippen LogP contribution < -0.4 is 16.0 Å². The van der Waals surface area contributed by atoms with Crippen molar-refractivity contribution in [1.82, 2.24) is 10.6 Å². The normalized spacial score (nSPS) is 15.1. The summed E-state index contributed by atoms with van der Waals surface area (Å²) in [6.07, 6.45) is 2.29. The second-order valence-electron chi connectivity index (χ2n) is 8.93. The number of allylic oxidation sites excluding steroid dienone is 2. The third-order valence-electron chi connectivity index (χ3n) is 6.38. The SMILES string of the molecule is CCc1cccc(C)c1NC(=O)C1=C(C)NC(SCC(=O)NCc2ccccc2)=C(C#N)[C@@H]1c1ccco1. The average Bonchev–Trinajstić information content (AvgIpc) is 3.46. The Bertz CT molecular complexity index is 1420. The molecule has 194 valence electrons.